The van der Waals surface area contributed by atoms with Gasteiger partial charge in [-0.15, -0.1) is 0 Å². The van der Waals surface area contributed by atoms with E-state index >= 15 is 0 Å². The number of fused-ring (bicyclic) bond motifs is 1. The van der Waals surface area contributed by atoms with Crippen LogP contribution in [0.2, 0.25) is 0 Å². The zero-order valence-electron chi connectivity index (χ0n) is 12.7. The van der Waals surface area contributed by atoms with Gasteiger partial charge in [-0.2, -0.15) is 0 Å². The fourth-order valence-corrected chi connectivity index (χ4v) is 3.25. The minimum atomic E-state index is -0.806. The van der Waals surface area contributed by atoms with E-state index in [1.165, 1.54) is 0 Å². The van der Waals surface area contributed by atoms with Crippen molar-refractivity contribution in [2.24, 2.45) is 0 Å². The van der Waals surface area contributed by atoms with Crippen LogP contribution in [0.1, 0.15) is 44.1 Å². The fourth-order valence-electron chi connectivity index (χ4n) is 3.25. The summed E-state index contributed by atoms with van der Waals surface area (Å²) in [6.45, 7) is 0.448. The first-order valence-corrected chi connectivity index (χ1v) is 7.98. The highest BCUT2D eigenvalue weighted by Crippen LogP contribution is 2.30. The number of aliphatic hydroxyl groups is 1. The van der Waals surface area contributed by atoms with Crippen molar-refractivity contribution in [1.82, 2.24) is 10.3 Å². The molecule has 1 fully saturated rings. The molecule has 1 saturated carbocycles. The molecule has 1 amide bonds. The molecule has 1 aliphatic carbocycles. The molecule has 2 N–H and O–H groups in total. The van der Waals surface area contributed by atoms with Gasteiger partial charge in [-0.05, 0) is 24.5 Å². The molecule has 1 heterocycles. The molecule has 0 saturated heterocycles. The fraction of sp³-hybridized carbons (Fsp3) is 0.444. The smallest absolute Gasteiger partial charge is 0.223 e. The van der Waals surface area contributed by atoms with Gasteiger partial charge in [0, 0.05) is 18.1 Å². The zero-order chi connectivity index (χ0) is 15.4. The van der Waals surface area contributed by atoms with Crippen molar-refractivity contribution >= 4 is 16.8 Å². The van der Waals surface area contributed by atoms with Crippen molar-refractivity contribution in [3.8, 4) is 0 Å². The van der Waals surface area contributed by atoms with Gasteiger partial charge in [-0.25, -0.2) is 0 Å². The van der Waals surface area contributed by atoms with E-state index in [0.717, 1.165) is 48.6 Å². The lowest BCUT2D eigenvalue weighted by atomic mass is 9.82. The second kappa shape index (κ2) is 6.44. The number of nitrogens with one attached hydrogen (secondary N) is 1. The Balaban J connectivity index is 1.63. The molecule has 0 unspecified atom stereocenters. The number of carbonyl (C=O) groups is 1. The number of hydrogen-bond donors (Lipinski definition) is 2. The van der Waals surface area contributed by atoms with Gasteiger partial charge in [0.05, 0.1) is 17.5 Å². The Bertz CT molecular complexity index is 658. The zero-order valence-corrected chi connectivity index (χ0v) is 12.7. The largest absolute Gasteiger partial charge is 0.389 e. The Labute approximate surface area is 130 Å². The summed E-state index contributed by atoms with van der Waals surface area (Å²) < 4.78 is 0. The Morgan fingerprint density at radius 1 is 1.18 bits per heavy atom. The van der Waals surface area contributed by atoms with Crippen molar-refractivity contribution in [2.45, 2.75) is 50.7 Å². The number of rotatable bonds is 4. The molecule has 116 valence electrons. The van der Waals surface area contributed by atoms with Crippen LogP contribution in [0.25, 0.3) is 10.9 Å². The van der Waals surface area contributed by atoms with Gasteiger partial charge in [0.1, 0.15) is 0 Å². The number of carbonyl (C=O) groups excluding carboxylic acids is 1. The van der Waals surface area contributed by atoms with Crippen molar-refractivity contribution in [2.75, 3.05) is 0 Å². The van der Waals surface area contributed by atoms with E-state index < -0.39 is 5.60 Å². The maximum atomic E-state index is 12.1. The van der Waals surface area contributed by atoms with Gasteiger partial charge >= 0.3 is 0 Å². The Hall–Kier alpha value is -1.94. The number of hydrogen-bond acceptors (Lipinski definition) is 3. The van der Waals surface area contributed by atoms with E-state index in [1.807, 2.05) is 30.3 Å². The molecule has 0 bridgehead atoms. The Morgan fingerprint density at radius 3 is 2.77 bits per heavy atom. The molecule has 22 heavy (non-hydrogen) atoms. The molecule has 0 spiro atoms. The van der Waals surface area contributed by atoms with Crippen LogP contribution in [-0.2, 0) is 11.3 Å². The normalized spacial score (nSPS) is 17.3. The van der Waals surface area contributed by atoms with E-state index in [2.05, 4.69) is 10.3 Å². The molecule has 0 radical (unpaired) electrons. The monoisotopic (exact) mass is 298 g/mol. The number of benzene rings is 1. The molecule has 1 aliphatic rings. The van der Waals surface area contributed by atoms with Crippen LogP contribution in [-0.4, -0.2) is 21.6 Å². The van der Waals surface area contributed by atoms with Crippen LogP contribution in [0, 0.1) is 0 Å². The van der Waals surface area contributed by atoms with Crippen molar-refractivity contribution in [1.29, 1.82) is 0 Å². The molecular formula is C18H22N2O2. The average molecular weight is 298 g/mol. The summed E-state index contributed by atoms with van der Waals surface area (Å²) in [5.74, 6) is -0.0858. The molecule has 1 aromatic heterocycles. The van der Waals surface area contributed by atoms with Crippen LogP contribution in [0.3, 0.4) is 0 Å². The molecule has 4 heteroatoms. The Kier molecular flexibility index (Phi) is 4.39. The van der Waals surface area contributed by atoms with Crippen LogP contribution in [0.15, 0.2) is 36.5 Å². The van der Waals surface area contributed by atoms with E-state index in [0.29, 0.717) is 6.54 Å². The number of nitrogens with zero attached hydrogens (tertiary/aromatic N) is 1. The van der Waals surface area contributed by atoms with Crippen molar-refractivity contribution in [3.05, 3.63) is 42.1 Å². The molecule has 0 aliphatic heterocycles. The van der Waals surface area contributed by atoms with E-state index in [4.69, 9.17) is 0 Å². The lowest BCUT2D eigenvalue weighted by molar-refractivity contribution is -0.127. The molecule has 1 aromatic carbocycles. The predicted molar refractivity (Wildman–Crippen MR) is 86.2 cm³/mol. The number of pyridine rings is 1. The van der Waals surface area contributed by atoms with E-state index in [1.54, 1.807) is 6.20 Å². The van der Waals surface area contributed by atoms with Gasteiger partial charge in [0.25, 0.3) is 0 Å². The van der Waals surface area contributed by atoms with Crippen LogP contribution < -0.4 is 5.32 Å². The maximum absolute atomic E-state index is 12.1. The standard InChI is InChI=1S/C18H22N2O2/c21-16(12-18(22)9-2-1-3-10-18)20-13-15-7-4-6-14-8-5-11-19-17(14)15/h4-8,11,22H,1-3,9-10,12-13H2,(H,20,21). The van der Waals surface area contributed by atoms with E-state index in [-0.39, 0.29) is 12.3 Å². The summed E-state index contributed by atoms with van der Waals surface area (Å²) >= 11 is 0. The van der Waals surface area contributed by atoms with Gasteiger partial charge in [-0.1, -0.05) is 43.5 Å². The van der Waals surface area contributed by atoms with Gasteiger partial charge in [0.15, 0.2) is 0 Å². The highest BCUT2D eigenvalue weighted by molar-refractivity contribution is 5.82. The molecule has 4 nitrogen and oxygen atoms in total. The summed E-state index contributed by atoms with van der Waals surface area (Å²) in [5, 5.41) is 14.4. The molecule has 2 aromatic rings. The average Bonchev–Trinajstić information content (AvgIpc) is 2.53. The third-order valence-corrected chi connectivity index (χ3v) is 4.47. The minimum absolute atomic E-state index is 0.0858. The first-order chi connectivity index (χ1) is 10.7. The topological polar surface area (TPSA) is 62.2 Å². The summed E-state index contributed by atoms with van der Waals surface area (Å²) in [5.41, 5.74) is 1.11. The second-order valence-electron chi connectivity index (χ2n) is 6.23. The van der Waals surface area contributed by atoms with E-state index in [9.17, 15) is 9.90 Å². The number of amides is 1. The second-order valence-corrected chi connectivity index (χ2v) is 6.23. The third-order valence-electron chi connectivity index (χ3n) is 4.47. The Morgan fingerprint density at radius 2 is 1.95 bits per heavy atom. The quantitative estimate of drug-likeness (QED) is 0.912. The van der Waals surface area contributed by atoms with Gasteiger partial charge < -0.3 is 10.4 Å². The first kappa shape index (κ1) is 15.0. The highest BCUT2D eigenvalue weighted by Gasteiger charge is 2.31. The van der Waals surface area contributed by atoms with Crippen LogP contribution in [0.4, 0.5) is 0 Å². The summed E-state index contributed by atoms with van der Waals surface area (Å²) in [6, 6.07) is 9.88. The predicted octanol–water partition coefficient (Wildman–Crippen LogP) is 2.94. The lowest BCUT2D eigenvalue weighted by Gasteiger charge is -2.31. The van der Waals surface area contributed by atoms with Crippen molar-refractivity contribution < 1.29 is 9.90 Å². The van der Waals surface area contributed by atoms with Gasteiger partial charge in [-0.3, -0.25) is 9.78 Å². The highest BCUT2D eigenvalue weighted by atomic mass is 16.3. The summed E-state index contributed by atoms with van der Waals surface area (Å²) in [7, 11) is 0. The van der Waals surface area contributed by atoms with Crippen molar-refractivity contribution in [3.63, 3.8) is 0 Å². The third kappa shape index (κ3) is 3.45. The first-order valence-electron chi connectivity index (χ1n) is 7.98. The molecule has 3 rings (SSSR count). The summed E-state index contributed by atoms with van der Waals surface area (Å²) in [6.07, 6.45) is 6.61. The number of para-hydroxylation sites is 1. The minimum Gasteiger partial charge on any atom is -0.389 e. The van der Waals surface area contributed by atoms with Crippen LogP contribution in [0.5, 0.6) is 0 Å². The van der Waals surface area contributed by atoms with Crippen LogP contribution >= 0.6 is 0 Å². The lowest BCUT2D eigenvalue weighted by Crippen LogP contribution is -2.38. The maximum Gasteiger partial charge on any atom is 0.223 e. The van der Waals surface area contributed by atoms with Gasteiger partial charge in [0.2, 0.25) is 5.91 Å². The molecule has 0 atom stereocenters. The number of aromatic nitrogens is 1. The summed E-state index contributed by atoms with van der Waals surface area (Å²) in [4.78, 5) is 16.5. The SMILES string of the molecule is O=C(CC1(O)CCCCC1)NCc1cccc2cccnc12. The molecular weight excluding hydrogens is 276 g/mol.